The number of allylic oxidation sites excluding steroid dienone is 3. The molecule has 0 aliphatic rings. The summed E-state index contributed by atoms with van der Waals surface area (Å²) in [5.74, 6) is -0.181. The maximum atomic E-state index is 12.2. The lowest BCUT2D eigenvalue weighted by Crippen LogP contribution is -2.34. The highest BCUT2D eigenvalue weighted by atomic mass is 32.2. The number of nitrogens with zero attached hydrogens (tertiary/aromatic N) is 1. The summed E-state index contributed by atoms with van der Waals surface area (Å²) in [7, 11) is -3.66. The van der Waals surface area contributed by atoms with E-state index in [4.69, 9.17) is 4.55 Å². The van der Waals surface area contributed by atoms with Crippen LogP contribution in [0.25, 0.3) is 0 Å². The molecule has 170 valence electrons. The topological polar surface area (TPSA) is 74.7 Å². The summed E-state index contributed by atoms with van der Waals surface area (Å²) in [6, 6.07) is 1.74. The molecule has 29 heavy (non-hydrogen) atoms. The Morgan fingerprint density at radius 1 is 0.966 bits per heavy atom. The number of hydrogen-bond acceptors (Lipinski definition) is 3. The van der Waals surface area contributed by atoms with Crippen LogP contribution in [0.1, 0.15) is 64.7 Å². The van der Waals surface area contributed by atoms with E-state index < -0.39 is 18.2 Å². The summed E-state index contributed by atoms with van der Waals surface area (Å²) < 4.78 is 30.5. The normalized spacial score (nSPS) is 12.9. The van der Waals surface area contributed by atoms with E-state index in [1.165, 1.54) is 44.9 Å². The molecule has 0 aromatic heterocycles. The third-order valence-corrected chi connectivity index (χ3v) is 9.31. The quantitative estimate of drug-likeness (QED) is 0.103. The third kappa shape index (κ3) is 18.8. The van der Waals surface area contributed by atoms with Gasteiger partial charge in [0, 0.05) is 27.7 Å². The maximum absolute atomic E-state index is 12.2. The first-order chi connectivity index (χ1) is 13.6. The van der Waals surface area contributed by atoms with Crippen molar-refractivity contribution in [2.24, 2.45) is 0 Å². The minimum Gasteiger partial charge on any atom is -0.343 e. The van der Waals surface area contributed by atoms with Crippen molar-refractivity contribution in [1.29, 1.82) is 0 Å². The molecule has 0 bridgehead atoms. The van der Waals surface area contributed by atoms with Gasteiger partial charge in [-0.25, -0.2) is 0 Å². The molecule has 1 N–H and O–H groups in total. The van der Waals surface area contributed by atoms with Crippen molar-refractivity contribution < 1.29 is 17.8 Å². The molecule has 0 aromatic carbocycles. The van der Waals surface area contributed by atoms with Gasteiger partial charge in [0.15, 0.2) is 0 Å². The molecule has 0 aromatic rings. The van der Waals surface area contributed by atoms with Crippen molar-refractivity contribution in [2.45, 2.75) is 89.9 Å². The fraction of sp³-hybridized carbons (Fsp3) is 0.773. The highest BCUT2D eigenvalue weighted by molar-refractivity contribution is 7.85. The fourth-order valence-electron chi connectivity index (χ4n) is 3.10. The summed E-state index contributed by atoms with van der Waals surface area (Å²) in [5.41, 5.74) is 0. The molecule has 1 amide bonds. The first-order valence-corrected chi connectivity index (χ1v) is 16.1. The van der Waals surface area contributed by atoms with E-state index in [2.05, 4.69) is 26.1 Å². The molecule has 0 unspecified atom stereocenters. The molecule has 5 nitrogen and oxygen atoms in total. The van der Waals surface area contributed by atoms with Crippen molar-refractivity contribution in [2.75, 3.05) is 19.3 Å². The Kier molecular flexibility index (Phi) is 15.4. The van der Waals surface area contributed by atoms with E-state index >= 15 is 0 Å². The largest absolute Gasteiger partial charge is 0.343 e. The van der Waals surface area contributed by atoms with Crippen LogP contribution in [-0.2, 0) is 14.9 Å². The van der Waals surface area contributed by atoms with E-state index in [0.717, 1.165) is 18.5 Å². The molecule has 0 saturated heterocycles. The number of carbonyl (C=O) groups is 1. The van der Waals surface area contributed by atoms with Crippen LogP contribution in [0.5, 0.6) is 0 Å². The molecule has 0 rings (SSSR count). The minimum atomic E-state index is -3.87. The molecule has 0 atom stereocenters. The number of unbranched alkanes of at least 4 members (excludes halogenated alkanes) is 7. The Morgan fingerprint density at radius 3 is 2.21 bits per heavy atom. The summed E-state index contributed by atoms with van der Waals surface area (Å²) in [5, 5.41) is 0. The Hall–Kier alpha value is -0.923. The second-order valence-corrected chi connectivity index (χ2v) is 15.7. The summed E-state index contributed by atoms with van der Waals surface area (Å²) >= 11 is 0. The van der Waals surface area contributed by atoms with Gasteiger partial charge in [0.25, 0.3) is 10.1 Å². The first-order valence-electron chi connectivity index (χ1n) is 11.1. The van der Waals surface area contributed by atoms with Gasteiger partial charge in [-0.05, 0) is 25.3 Å². The molecular weight excluding hydrogens is 402 g/mol. The van der Waals surface area contributed by atoms with Gasteiger partial charge in [0.05, 0.1) is 5.75 Å². The molecule has 0 saturated carbocycles. The molecule has 0 aliphatic carbocycles. The number of rotatable bonds is 17. The van der Waals surface area contributed by atoms with E-state index in [0.29, 0.717) is 13.0 Å². The zero-order valence-corrected chi connectivity index (χ0v) is 20.8. The van der Waals surface area contributed by atoms with Gasteiger partial charge in [-0.2, -0.15) is 8.42 Å². The van der Waals surface area contributed by atoms with Gasteiger partial charge in [0.2, 0.25) is 5.91 Å². The van der Waals surface area contributed by atoms with Gasteiger partial charge >= 0.3 is 0 Å². The van der Waals surface area contributed by atoms with Crippen LogP contribution in [0.4, 0.5) is 0 Å². The average Bonchev–Trinajstić information content (AvgIpc) is 2.62. The number of likely N-dealkylation sites (N-methyl/N-ethyl adjacent to an activating group) is 1. The average molecular weight is 446 g/mol. The van der Waals surface area contributed by atoms with Crippen LogP contribution in [0.2, 0.25) is 25.2 Å². The Balaban J connectivity index is 3.96. The Morgan fingerprint density at radius 2 is 1.59 bits per heavy atom. The van der Waals surface area contributed by atoms with Gasteiger partial charge in [0.1, 0.15) is 0 Å². The van der Waals surface area contributed by atoms with E-state index in [1.54, 1.807) is 18.0 Å². The van der Waals surface area contributed by atoms with Crippen LogP contribution in [0.15, 0.2) is 24.3 Å². The van der Waals surface area contributed by atoms with Crippen molar-refractivity contribution >= 4 is 24.1 Å². The van der Waals surface area contributed by atoms with Crippen LogP contribution < -0.4 is 0 Å². The molecular formula is C22H43NO4SSi. The lowest BCUT2D eigenvalue weighted by molar-refractivity contribution is -0.124. The lowest BCUT2D eigenvalue weighted by atomic mass is 10.1. The summed E-state index contributed by atoms with van der Waals surface area (Å²) in [6.07, 6.45) is 18.2. The Labute approximate surface area is 180 Å². The standard InChI is InChI=1S/C22H43NO4SSi/c1-5-6-7-8-9-10-11-12-13-14-15-17-22(24)23(2)18-21-29(3,4)20-16-19-28(25,26)27/h13-15,17H,5-12,16,18-21H2,1-4H3,(H,25,26,27). The van der Waals surface area contributed by atoms with Gasteiger partial charge in [-0.1, -0.05) is 82.8 Å². The fourth-order valence-corrected chi connectivity index (χ4v) is 6.19. The number of hydrogen-bond donors (Lipinski definition) is 1. The molecule has 0 aliphatic heterocycles. The molecule has 0 fully saturated rings. The van der Waals surface area contributed by atoms with Gasteiger partial charge < -0.3 is 4.90 Å². The van der Waals surface area contributed by atoms with Crippen LogP contribution >= 0.6 is 0 Å². The second-order valence-electron chi connectivity index (χ2n) is 8.76. The van der Waals surface area contributed by atoms with Crippen molar-refractivity contribution in [3.8, 4) is 0 Å². The molecule has 0 radical (unpaired) electrons. The summed E-state index contributed by atoms with van der Waals surface area (Å²) in [4.78, 5) is 13.9. The minimum absolute atomic E-state index is 0.00619. The zero-order chi connectivity index (χ0) is 22.2. The van der Waals surface area contributed by atoms with Crippen molar-refractivity contribution in [3.05, 3.63) is 24.3 Å². The van der Waals surface area contributed by atoms with Gasteiger partial charge in [-0.3, -0.25) is 9.35 Å². The van der Waals surface area contributed by atoms with Crippen LogP contribution in [-0.4, -0.2) is 51.2 Å². The molecule has 7 heteroatoms. The van der Waals surface area contributed by atoms with Crippen molar-refractivity contribution in [3.63, 3.8) is 0 Å². The van der Waals surface area contributed by atoms with Crippen LogP contribution in [0, 0.1) is 0 Å². The smallest absolute Gasteiger partial charge is 0.264 e. The predicted octanol–water partition coefficient (Wildman–Crippen LogP) is 5.68. The SMILES string of the molecule is CCCCCCCCCC=CC=CC(=O)N(C)CC[Si](C)(C)CCCS(=O)(=O)O. The van der Waals surface area contributed by atoms with E-state index in [9.17, 15) is 13.2 Å². The second kappa shape index (κ2) is 15.9. The summed E-state index contributed by atoms with van der Waals surface area (Å²) in [6.45, 7) is 7.30. The van der Waals surface area contributed by atoms with Gasteiger partial charge in [-0.15, -0.1) is 0 Å². The predicted molar refractivity (Wildman–Crippen MR) is 127 cm³/mol. The first kappa shape index (κ1) is 28.1. The Bertz CT molecular complexity index is 600. The highest BCUT2D eigenvalue weighted by Crippen LogP contribution is 2.18. The lowest BCUT2D eigenvalue weighted by Gasteiger charge is -2.25. The zero-order valence-electron chi connectivity index (χ0n) is 19.0. The molecule has 0 heterocycles. The third-order valence-electron chi connectivity index (χ3n) is 5.22. The van der Waals surface area contributed by atoms with E-state index in [1.807, 2.05) is 12.2 Å². The molecule has 0 spiro atoms. The number of amides is 1. The van der Waals surface area contributed by atoms with E-state index in [-0.39, 0.29) is 11.7 Å². The highest BCUT2D eigenvalue weighted by Gasteiger charge is 2.22. The number of carbonyl (C=O) groups excluding carboxylic acids is 1. The monoisotopic (exact) mass is 445 g/mol. The maximum Gasteiger partial charge on any atom is 0.264 e. The van der Waals surface area contributed by atoms with Crippen molar-refractivity contribution in [1.82, 2.24) is 4.90 Å². The van der Waals surface area contributed by atoms with Crippen LogP contribution in [0.3, 0.4) is 0 Å².